The number of carbonyl (C=O) groups excluding carboxylic acids is 1. The zero-order valence-electron chi connectivity index (χ0n) is 17.1. The van der Waals surface area contributed by atoms with Gasteiger partial charge in [-0.3, -0.25) is 4.79 Å². The number of hydrogen-bond acceptors (Lipinski definition) is 2. The highest BCUT2D eigenvalue weighted by Crippen LogP contribution is 2.23. The van der Waals surface area contributed by atoms with Gasteiger partial charge in [0.15, 0.2) is 0 Å². The SMILES string of the molecule is Fc1ccc(Br)cc1.O=Cc1ccc(Cl)cc1.OC(c1ccc(F)cc1)c1ccc(Cl)cc1. The maximum Gasteiger partial charge on any atom is 0.150 e. The molecule has 0 saturated carbocycles. The van der Waals surface area contributed by atoms with Crippen molar-refractivity contribution in [2.75, 3.05) is 0 Å². The number of benzene rings is 4. The molecular weight excluding hydrogens is 533 g/mol. The van der Waals surface area contributed by atoms with Crippen LogP contribution in [0.3, 0.4) is 0 Å². The summed E-state index contributed by atoms with van der Waals surface area (Å²) >= 11 is 14.5. The lowest BCUT2D eigenvalue weighted by Gasteiger charge is -2.11. The monoisotopic (exact) mass is 550 g/mol. The summed E-state index contributed by atoms with van der Waals surface area (Å²) in [5.41, 5.74) is 2.04. The molecule has 0 aliphatic rings. The molecule has 1 unspecified atom stereocenters. The maximum absolute atomic E-state index is 12.7. The molecule has 0 fully saturated rings. The van der Waals surface area contributed by atoms with Crippen molar-refractivity contribution in [2.24, 2.45) is 0 Å². The zero-order chi connectivity index (χ0) is 24.2. The van der Waals surface area contributed by atoms with E-state index in [1.165, 1.54) is 24.3 Å². The number of hydrogen-bond donors (Lipinski definition) is 1. The number of aldehydes is 1. The predicted molar refractivity (Wildman–Crippen MR) is 133 cm³/mol. The number of aliphatic hydroxyl groups is 1. The van der Waals surface area contributed by atoms with Crippen LogP contribution in [0.4, 0.5) is 8.78 Å². The Bertz CT molecular complexity index is 1050. The molecule has 0 spiro atoms. The Morgan fingerprint density at radius 1 is 0.667 bits per heavy atom. The highest BCUT2D eigenvalue weighted by Gasteiger charge is 2.09. The van der Waals surface area contributed by atoms with Crippen LogP contribution in [0, 0.1) is 11.6 Å². The van der Waals surface area contributed by atoms with Crippen LogP contribution in [0.25, 0.3) is 0 Å². The Labute approximate surface area is 209 Å². The fourth-order valence-corrected chi connectivity index (χ4v) is 2.97. The fourth-order valence-electron chi connectivity index (χ4n) is 2.45. The van der Waals surface area contributed by atoms with Gasteiger partial charge in [-0.25, -0.2) is 8.78 Å². The molecule has 0 heterocycles. The van der Waals surface area contributed by atoms with E-state index < -0.39 is 6.10 Å². The molecule has 0 aromatic heterocycles. The first kappa shape index (κ1) is 26.7. The van der Waals surface area contributed by atoms with Crippen LogP contribution in [-0.4, -0.2) is 11.4 Å². The second-order valence-corrected chi connectivity index (χ2v) is 8.40. The van der Waals surface area contributed by atoms with E-state index in [9.17, 15) is 18.7 Å². The first-order chi connectivity index (χ1) is 15.8. The number of halogens is 5. The van der Waals surface area contributed by atoms with Crippen LogP contribution < -0.4 is 0 Å². The van der Waals surface area contributed by atoms with Crippen molar-refractivity contribution < 1.29 is 18.7 Å². The fraction of sp³-hybridized carbons (Fsp3) is 0.0385. The van der Waals surface area contributed by atoms with E-state index in [2.05, 4.69) is 15.9 Å². The normalized spacial score (nSPS) is 10.7. The molecule has 0 bridgehead atoms. The van der Waals surface area contributed by atoms with Gasteiger partial charge in [0.25, 0.3) is 0 Å². The average Bonchev–Trinajstić information content (AvgIpc) is 2.83. The second kappa shape index (κ2) is 13.9. The molecule has 4 rings (SSSR count). The van der Waals surface area contributed by atoms with Crippen LogP contribution in [0.5, 0.6) is 0 Å². The zero-order valence-corrected chi connectivity index (χ0v) is 20.2. The minimum atomic E-state index is -0.752. The molecule has 4 aromatic rings. The highest BCUT2D eigenvalue weighted by atomic mass is 79.9. The standard InChI is InChI=1S/C13H10ClFO.C7H5ClO.C6H4BrF/c14-11-5-1-9(2-6-11)13(16)10-3-7-12(15)8-4-10;8-7-3-1-6(5-9)2-4-7;7-5-1-3-6(8)4-2-5/h1-8,13,16H;1-5H;1-4H. The van der Waals surface area contributed by atoms with Crippen molar-refractivity contribution in [1.29, 1.82) is 0 Å². The van der Waals surface area contributed by atoms with Gasteiger partial charge in [0.1, 0.15) is 24.0 Å². The van der Waals surface area contributed by atoms with Gasteiger partial charge in [-0.1, -0.05) is 75.5 Å². The molecule has 0 amide bonds. The summed E-state index contributed by atoms with van der Waals surface area (Å²) in [5.74, 6) is -0.514. The van der Waals surface area contributed by atoms with Gasteiger partial charge < -0.3 is 5.11 Å². The Kier molecular flexibility index (Phi) is 11.2. The van der Waals surface area contributed by atoms with Crippen molar-refractivity contribution >= 4 is 45.4 Å². The van der Waals surface area contributed by atoms with Crippen LogP contribution in [0.1, 0.15) is 27.6 Å². The van der Waals surface area contributed by atoms with Crippen molar-refractivity contribution in [2.45, 2.75) is 6.10 Å². The second-order valence-electron chi connectivity index (χ2n) is 6.61. The third-order valence-electron chi connectivity index (χ3n) is 4.18. The molecule has 0 aliphatic carbocycles. The number of aliphatic hydroxyl groups excluding tert-OH is 1. The Hall–Kier alpha value is -2.57. The molecule has 1 N–H and O–H groups in total. The van der Waals surface area contributed by atoms with Gasteiger partial charge in [-0.05, 0) is 71.8 Å². The van der Waals surface area contributed by atoms with Gasteiger partial charge in [0.05, 0.1) is 0 Å². The summed E-state index contributed by atoms with van der Waals surface area (Å²) in [6.07, 6.45) is 0.0360. The summed E-state index contributed by atoms with van der Waals surface area (Å²) in [7, 11) is 0. The summed E-state index contributed by atoms with van der Waals surface area (Å²) in [6, 6.07) is 25.6. The third-order valence-corrected chi connectivity index (χ3v) is 5.21. The lowest BCUT2D eigenvalue weighted by Crippen LogP contribution is -1.99. The highest BCUT2D eigenvalue weighted by molar-refractivity contribution is 9.10. The molecule has 0 saturated heterocycles. The summed E-state index contributed by atoms with van der Waals surface area (Å²) < 4.78 is 25.7. The lowest BCUT2D eigenvalue weighted by molar-refractivity contribution is 0.112. The largest absolute Gasteiger partial charge is 0.384 e. The van der Waals surface area contributed by atoms with Crippen LogP contribution in [0.2, 0.25) is 10.0 Å². The van der Waals surface area contributed by atoms with E-state index in [4.69, 9.17) is 23.2 Å². The molecular formula is C26H19BrCl2F2O2. The van der Waals surface area contributed by atoms with Crippen LogP contribution in [0.15, 0.2) is 102 Å². The number of carbonyl (C=O) groups is 1. The molecule has 0 aliphatic heterocycles. The van der Waals surface area contributed by atoms with Crippen molar-refractivity contribution in [3.05, 3.63) is 140 Å². The van der Waals surface area contributed by atoms with Crippen LogP contribution >= 0.6 is 39.1 Å². The van der Waals surface area contributed by atoms with E-state index in [1.54, 1.807) is 72.8 Å². The molecule has 7 heteroatoms. The Morgan fingerprint density at radius 2 is 1.03 bits per heavy atom. The van der Waals surface area contributed by atoms with Gasteiger partial charge in [0, 0.05) is 20.1 Å². The lowest BCUT2D eigenvalue weighted by atomic mass is 10.0. The molecule has 4 aromatic carbocycles. The van der Waals surface area contributed by atoms with Gasteiger partial charge >= 0.3 is 0 Å². The number of rotatable bonds is 3. The van der Waals surface area contributed by atoms with E-state index >= 15 is 0 Å². The summed E-state index contributed by atoms with van der Waals surface area (Å²) in [4.78, 5) is 10.1. The minimum absolute atomic E-state index is 0.201. The average molecular weight is 552 g/mol. The summed E-state index contributed by atoms with van der Waals surface area (Å²) in [6.45, 7) is 0. The van der Waals surface area contributed by atoms with Crippen molar-refractivity contribution in [3.8, 4) is 0 Å². The maximum atomic E-state index is 12.7. The molecule has 1 atom stereocenters. The van der Waals surface area contributed by atoms with E-state index in [0.717, 1.165) is 16.3 Å². The summed E-state index contributed by atoms with van der Waals surface area (Å²) in [5, 5.41) is 11.3. The molecule has 0 radical (unpaired) electrons. The molecule has 33 heavy (non-hydrogen) atoms. The topological polar surface area (TPSA) is 37.3 Å². The quantitative estimate of drug-likeness (QED) is 0.260. The first-order valence-corrected chi connectivity index (χ1v) is 11.1. The van der Waals surface area contributed by atoms with Crippen molar-refractivity contribution in [3.63, 3.8) is 0 Å². The minimum Gasteiger partial charge on any atom is -0.384 e. The predicted octanol–water partition coefficient (Wildman–Crippen LogP) is 8.30. The van der Waals surface area contributed by atoms with Gasteiger partial charge in [-0.2, -0.15) is 0 Å². The van der Waals surface area contributed by atoms with Gasteiger partial charge in [-0.15, -0.1) is 0 Å². The molecule has 170 valence electrons. The smallest absolute Gasteiger partial charge is 0.150 e. The first-order valence-electron chi connectivity index (χ1n) is 9.59. The van der Waals surface area contributed by atoms with E-state index in [0.29, 0.717) is 21.2 Å². The Balaban J connectivity index is 0.000000192. The van der Waals surface area contributed by atoms with E-state index in [-0.39, 0.29) is 11.6 Å². The van der Waals surface area contributed by atoms with E-state index in [1.807, 2.05) is 0 Å². The van der Waals surface area contributed by atoms with Gasteiger partial charge in [0.2, 0.25) is 0 Å². The molecule has 2 nitrogen and oxygen atoms in total. The Morgan fingerprint density at radius 3 is 1.42 bits per heavy atom. The third kappa shape index (κ3) is 9.84. The van der Waals surface area contributed by atoms with Crippen molar-refractivity contribution in [1.82, 2.24) is 0 Å². The van der Waals surface area contributed by atoms with Crippen LogP contribution in [-0.2, 0) is 0 Å².